The number of hydrogen-bond donors (Lipinski definition) is 0. The monoisotopic (exact) mass is 290 g/mol. The molecule has 0 amide bonds. The van der Waals surface area contributed by atoms with E-state index in [1.165, 1.54) is 24.8 Å². The van der Waals surface area contributed by atoms with E-state index in [2.05, 4.69) is 17.2 Å². The second-order valence-electron chi connectivity index (χ2n) is 5.32. The van der Waals surface area contributed by atoms with E-state index >= 15 is 0 Å². The van der Waals surface area contributed by atoms with Crippen LogP contribution in [-0.4, -0.2) is 15.9 Å². The minimum Gasteiger partial charge on any atom is -0.486 e. The van der Waals surface area contributed by atoms with Crippen molar-refractivity contribution in [1.29, 1.82) is 0 Å². The quantitative estimate of drug-likeness (QED) is 0.839. The maximum atomic E-state index is 6.37. The SMILES string of the molecule is Clc1c(OC2CCCCC2)cnn1Cc1ccccc1. The number of halogens is 1. The number of nitrogens with zero attached hydrogens (tertiary/aromatic N) is 2. The van der Waals surface area contributed by atoms with Crippen molar-refractivity contribution >= 4 is 11.6 Å². The molecule has 0 radical (unpaired) electrons. The highest BCUT2D eigenvalue weighted by atomic mass is 35.5. The zero-order valence-corrected chi connectivity index (χ0v) is 12.2. The molecule has 3 rings (SSSR count). The Balaban J connectivity index is 1.68. The normalized spacial score (nSPS) is 16.2. The molecule has 1 heterocycles. The lowest BCUT2D eigenvalue weighted by atomic mass is 9.98. The Bertz CT molecular complexity index is 547. The fraction of sp³-hybridized carbons (Fsp3) is 0.438. The molecule has 0 aliphatic heterocycles. The zero-order valence-electron chi connectivity index (χ0n) is 11.5. The Labute approximate surface area is 124 Å². The predicted octanol–water partition coefficient (Wildman–Crippen LogP) is 4.30. The van der Waals surface area contributed by atoms with Gasteiger partial charge in [0.05, 0.1) is 18.8 Å². The molecule has 0 atom stereocenters. The van der Waals surface area contributed by atoms with Crippen molar-refractivity contribution in [2.75, 3.05) is 0 Å². The van der Waals surface area contributed by atoms with Crippen LogP contribution in [0.15, 0.2) is 36.5 Å². The van der Waals surface area contributed by atoms with Crippen LogP contribution in [0.25, 0.3) is 0 Å². The summed E-state index contributed by atoms with van der Waals surface area (Å²) >= 11 is 6.37. The second-order valence-corrected chi connectivity index (χ2v) is 5.68. The van der Waals surface area contributed by atoms with E-state index in [1.54, 1.807) is 10.9 Å². The molecular weight excluding hydrogens is 272 g/mol. The highest BCUT2D eigenvalue weighted by Crippen LogP contribution is 2.29. The summed E-state index contributed by atoms with van der Waals surface area (Å²) in [5, 5.41) is 4.93. The van der Waals surface area contributed by atoms with Crippen LogP contribution in [0.2, 0.25) is 5.15 Å². The largest absolute Gasteiger partial charge is 0.486 e. The molecule has 1 aliphatic rings. The van der Waals surface area contributed by atoms with E-state index in [0.29, 0.717) is 17.8 Å². The summed E-state index contributed by atoms with van der Waals surface area (Å²) in [6, 6.07) is 10.2. The highest BCUT2D eigenvalue weighted by molar-refractivity contribution is 6.31. The summed E-state index contributed by atoms with van der Waals surface area (Å²) in [5.74, 6) is 0.717. The van der Waals surface area contributed by atoms with E-state index < -0.39 is 0 Å². The van der Waals surface area contributed by atoms with Crippen molar-refractivity contribution in [3.63, 3.8) is 0 Å². The van der Waals surface area contributed by atoms with E-state index in [9.17, 15) is 0 Å². The molecule has 0 spiro atoms. The first-order chi connectivity index (χ1) is 9.83. The first-order valence-electron chi connectivity index (χ1n) is 7.25. The lowest BCUT2D eigenvalue weighted by molar-refractivity contribution is 0.155. The van der Waals surface area contributed by atoms with Crippen molar-refractivity contribution in [3.8, 4) is 5.75 Å². The molecule has 1 aromatic heterocycles. The van der Waals surface area contributed by atoms with Gasteiger partial charge in [0.15, 0.2) is 10.9 Å². The molecule has 1 saturated carbocycles. The Hall–Kier alpha value is -1.48. The van der Waals surface area contributed by atoms with Crippen LogP contribution in [0, 0.1) is 0 Å². The summed E-state index contributed by atoms with van der Waals surface area (Å²) in [5.41, 5.74) is 1.18. The van der Waals surface area contributed by atoms with Crippen molar-refractivity contribution in [3.05, 3.63) is 47.2 Å². The van der Waals surface area contributed by atoms with Crippen LogP contribution >= 0.6 is 11.6 Å². The van der Waals surface area contributed by atoms with Crippen LogP contribution in [-0.2, 0) is 6.54 Å². The van der Waals surface area contributed by atoms with Crippen LogP contribution in [0.5, 0.6) is 5.75 Å². The molecule has 0 unspecified atom stereocenters. The van der Waals surface area contributed by atoms with Crippen molar-refractivity contribution in [1.82, 2.24) is 9.78 Å². The molecule has 106 valence electrons. The van der Waals surface area contributed by atoms with Gasteiger partial charge in [0.25, 0.3) is 0 Å². The number of rotatable bonds is 4. The van der Waals surface area contributed by atoms with Gasteiger partial charge in [-0.1, -0.05) is 48.4 Å². The number of ether oxygens (including phenoxy) is 1. The van der Waals surface area contributed by atoms with Gasteiger partial charge in [-0.3, -0.25) is 0 Å². The summed E-state index contributed by atoms with van der Waals surface area (Å²) in [6.07, 6.45) is 8.11. The van der Waals surface area contributed by atoms with Gasteiger partial charge in [0.2, 0.25) is 0 Å². The third-order valence-electron chi connectivity index (χ3n) is 3.77. The van der Waals surface area contributed by atoms with Crippen LogP contribution < -0.4 is 4.74 Å². The average Bonchev–Trinajstić information content (AvgIpc) is 2.83. The Morgan fingerprint density at radius 3 is 2.65 bits per heavy atom. The minimum atomic E-state index is 0.302. The van der Waals surface area contributed by atoms with E-state index in [1.807, 2.05) is 18.2 Å². The molecule has 4 heteroatoms. The molecule has 1 aromatic carbocycles. The van der Waals surface area contributed by atoms with Gasteiger partial charge < -0.3 is 4.74 Å². The van der Waals surface area contributed by atoms with Crippen LogP contribution in [0.3, 0.4) is 0 Å². The Morgan fingerprint density at radius 1 is 1.15 bits per heavy atom. The lowest BCUT2D eigenvalue weighted by Gasteiger charge is -2.22. The van der Waals surface area contributed by atoms with Gasteiger partial charge in [-0.05, 0) is 31.2 Å². The summed E-state index contributed by atoms with van der Waals surface area (Å²) in [6.45, 7) is 0.674. The summed E-state index contributed by atoms with van der Waals surface area (Å²) in [4.78, 5) is 0. The molecule has 0 saturated heterocycles. The summed E-state index contributed by atoms with van der Waals surface area (Å²) < 4.78 is 7.78. The fourth-order valence-corrected chi connectivity index (χ4v) is 2.86. The molecule has 0 N–H and O–H groups in total. The van der Waals surface area contributed by atoms with Gasteiger partial charge in [-0.15, -0.1) is 0 Å². The predicted molar refractivity (Wildman–Crippen MR) is 80.3 cm³/mol. The minimum absolute atomic E-state index is 0.302. The number of benzene rings is 1. The topological polar surface area (TPSA) is 27.1 Å². The third kappa shape index (κ3) is 3.15. The second kappa shape index (κ2) is 6.31. The third-order valence-corrected chi connectivity index (χ3v) is 4.15. The molecule has 0 bridgehead atoms. The molecule has 2 aromatic rings. The van der Waals surface area contributed by atoms with Crippen molar-refractivity contribution < 1.29 is 4.74 Å². The smallest absolute Gasteiger partial charge is 0.176 e. The highest BCUT2D eigenvalue weighted by Gasteiger charge is 2.18. The zero-order chi connectivity index (χ0) is 13.8. The van der Waals surface area contributed by atoms with E-state index in [-0.39, 0.29) is 0 Å². The first kappa shape index (κ1) is 13.5. The molecule has 20 heavy (non-hydrogen) atoms. The molecule has 1 aliphatic carbocycles. The van der Waals surface area contributed by atoms with Gasteiger partial charge in [0.1, 0.15) is 0 Å². The Kier molecular flexibility index (Phi) is 4.26. The van der Waals surface area contributed by atoms with Gasteiger partial charge in [-0.25, -0.2) is 4.68 Å². The fourth-order valence-electron chi connectivity index (χ4n) is 2.66. The van der Waals surface area contributed by atoms with Gasteiger partial charge in [-0.2, -0.15) is 5.10 Å². The van der Waals surface area contributed by atoms with Crippen molar-refractivity contribution in [2.24, 2.45) is 0 Å². The van der Waals surface area contributed by atoms with Crippen LogP contribution in [0.4, 0.5) is 0 Å². The molecule has 3 nitrogen and oxygen atoms in total. The van der Waals surface area contributed by atoms with Crippen molar-refractivity contribution in [2.45, 2.75) is 44.8 Å². The van der Waals surface area contributed by atoms with Gasteiger partial charge in [0, 0.05) is 0 Å². The molecular formula is C16H19ClN2O. The Morgan fingerprint density at radius 2 is 1.90 bits per heavy atom. The van der Waals surface area contributed by atoms with Gasteiger partial charge >= 0.3 is 0 Å². The maximum absolute atomic E-state index is 6.37. The first-order valence-corrected chi connectivity index (χ1v) is 7.62. The number of hydrogen-bond acceptors (Lipinski definition) is 2. The van der Waals surface area contributed by atoms with Crippen LogP contribution in [0.1, 0.15) is 37.7 Å². The van der Waals surface area contributed by atoms with E-state index in [4.69, 9.17) is 16.3 Å². The lowest BCUT2D eigenvalue weighted by Crippen LogP contribution is -2.19. The standard InChI is InChI=1S/C16H19ClN2O/c17-16-15(20-14-9-5-2-6-10-14)11-18-19(16)12-13-7-3-1-4-8-13/h1,3-4,7-8,11,14H,2,5-6,9-10,12H2. The molecule has 1 fully saturated rings. The summed E-state index contributed by atoms with van der Waals surface area (Å²) in [7, 11) is 0. The average molecular weight is 291 g/mol. The van der Waals surface area contributed by atoms with E-state index in [0.717, 1.165) is 18.6 Å². The number of aromatic nitrogens is 2. The maximum Gasteiger partial charge on any atom is 0.176 e.